The summed E-state index contributed by atoms with van der Waals surface area (Å²) in [7, 11) is 3.50. The smallest absolute Gasteiger partial charge is 0.204 e. The van der Waals surface area contributed by atoms with Crippen molar-refractivity contribution in [2.75, 3.05) is 30.9 Å². The van der Waals surface area contributed by atoms with Crippen LogP contribution in [-0.4, -0.2) is 36.2 Å². The van der Waals surface area contributed by atoms with Crippen molar-refractivity contribution >= 4 is 11.6 Å². The summed E-state index contributed by atoms with van der Waals surface area (Å²) in [6.07, 6.45) is 3.95. The summed E-state index contributed by atoms with van der Waals surface area (Å²) in [6.45, 7) is 5.49. The molecule has 1 aliphatic heterocycles. The van der Waals surface area contributed by atoms with E-state index in [9.17, 15) is 0 Å². The van der Waals surface area contributed by atoms with E-state index in [1.807, 2.05) is 7.05 Å². The van der Waals surface area contributed by atoms with E-state index in [0.717, 1.165) is 23.9 Å². The van der Waals surface area contributed by atoms with E-state index in [1.54, 1.807) is 13.4 Å². The Labute approximate surface area is 102 Å². The van der Waals surface area contributed by atoms with Gasteiger partial charge in [-0.3, -0.25) is 0 Å². The Morgan fingerprint density at radius 1 is 1.41 bits per heavy atom. The van der Waals surface area contributed by atoms with Crippen LogP contribution in [0.25, 0.3) is 0 Å². The van der Waals surface area contributed by atoms with Crippen LogP contribution in [0.5, 0.6) is 5.75 Å². The Morgan fingerprint density at radius 3 is 2.71 bits per heavy atom. The summed E-state index contributed by atoms with van der Waals surface area (Å²) < 4.78 is 5.44. The predicted octanol–water partition coefficient (Wildman–Crippen LogP) is 1.91. The molecule has 0 saturated carbocycles. The van der Waals surface area contributed by atoms with Gasteiger partial charge in [0.1, 0.15) is 6.33 Å². The molecule has 1 saturated heterocycles. The van der Waals surface area contributed by atoms with E-state index in [0.29, 0.717) is 0 Å². The Balaban J connectivity index is 2.44. The van der Waals surface area contributed by atoms with Gasteiger partial charge in [0.15, 0.2) is 11.6 Å². The largest absolute Gasteiger partial charge is 0.490 e. The van der Waals surface area contributed by atoms with E-state index in [4.69, 9.17) is 4.74 Å². The lowest BCUT2D eigenvalue weighted by molar-refractivity contribution is 0.407. The van der Waals surface area contributed by atoms with Gasteiger partial charge in [-0.25, -0.2) is 9.97 Å². The molecule has 2 heterocycles. The van der Waals surface area contributed by atoms with Gasteiger partial charge in [-0.1, -0.05) is 0 Å². The van der Waals surface area contributed by atoms with Crippen molar-refractivity contribution in [1.82, 2.24) is 9.97 Å². The SMILES string of the molecule is CNc1ncnc(N2CCCC2(C)C)c1OC. The van der Waals surface area contributed by atoms with Gasteiger partial charge in [-0.05, 0) is 26.7 Å². The maximum atomic E-state index is 5.44. The second-order valence-electron chi connectivity index (χ2n) is 4.90. The average molecular weight is 236 g/mol. The van der Waals surface area contributed by atoms with Gasteiger partial charge in [-0.15, -0.1) is 0 Å². The Morgan fingerprint density at radius 2 is 2.18 bits per heavy atom. The molecule has 5 heteroatoms. The highest BCUT2D eigenvalue weighted by molar-refractivity contribution is 5.65. The molecular weight excluding hydrogens is 216 g/mol. The van der Waals surface area contributed by atoms with Crippen LogP contribution < -0.4 is 15.0 Å². The zero-order valence-corrected chi connectivity index (χ0v) is 10.9. The van der Waals surface area contributed by atoms with Crippen LogP contribution in [0.4, 0.5) is 11.6 Å². The summed E-state index contributed by atoms with van der Waals surface area (Å²) in [4.78, 5) is 10.9. The van der Waals surface area contributed by atoms with Gasteiger partial charge >= 0.3 is 0 Å². The minimum atomic E-state index is 0.132. The maximum absolute atomic E-state index is 5.44. The minimum absolute atomic E-state index is 0.132. The molecule has 0 aromatic carbocycles. The van der Waals surface area contributed by atoms with Crippen LogP contribution in [0, 0.1) is 0 Å². The fourth-order valence-corrected chi connectivity index (χ4v) is 2.42. The van der Waals surface area contributed by atoms with Crippen LogP contribution in [0.1, 0.15) is 26.7 Å². The number of hydrogen-bond acceptors (Lipinski definition) is 5. The lowest BCUT2D eigenvalue weighted by Crippen LogP contribution is -2.39. The molecule has 1 N–H and O–H groups in total. The molecular formula is C12H20N4O. The molecule has 1 aromatic rings. The maximum Gasteiger partial charge on any atom is 0.204 e. The monoisotopic (exact) mass is 236 g/mol. The molecule has 0 amide bonds. The highest BCUT2D eigenvalue weighted by Gasteiger charge is 2.35. The van der Waals surface area contributed by atoms with Gasteiger partial charge < -0.3 is 15.0 Å². The van der Waals surface area contributed by atoms with Crippen molar-refractivity contribution in [2.45, 2.75) is 32.2 Å². The first-order chi connectivity index (χ1) is 8.10. The van der Waals surface area contributed by atoms with Crippen LogP contribution >= 0.6 is 0 Å². The first kappa shape index (κ1) is 12.0. The molecule has 0 spiro atoms. The van der Waals surface area contributed by atoms with Crippen molar-refractivity contribution in [3.63, 3.8) is 0 Å². The molecule has 94 valence electrons. The highest BCUT2D eigenvalue weighted by atomic mass is 16.5. The third-order valence-electron chi connectivity index (χ3n) is 3.38. The summed E-state index contributed by atoms with van der Waals surface area (Å²) in [6, 6.07) is 0. The van der Waals surface area contributed by atoms with Gasteiger partial charge in [0.25, 0.3) is 0 Å². The molecule has 1 fully saturated rings. The Kier molecular flexibility index (Phi) is 3.09. The molecule has 1 aliphatic rings. The Bertz CT molecular complexity index is 405. The Hall–Kier alpha value is -1.52. The minimum Gasteiger partial charge on any atom is -0.490 e. The molecule has 0 radical (unpaired) electrons. The van der Waals surface area contributed by atoms with Gasteiger partial charge in [-0.2, -0.15) is 0 Å². The zero-order chi connectivity index (χ0) is 12.5. The topological polar surface area (TPSA) is 50.3 Å². The van der Waals surface area contributed by atoms with E-state index < -0.39 is 0 Å². The molecule has 0 atom stereocenters. The second kappa shape index (κ2) is 4.39. The van der Waals surface area contributed by atoms with Crippen molar-refractivity contribution < 1.29 is 4.74 Å². The van der Waals surface area contributed by atoms with Crippen molar-refractivity contribution in [2.24, 2.45) is 0 Å². The number of methoxy groups -OCH3 is 1. The molecule has 0 bridgehead atoms. The second-order valence-corrected chi connectivity index (χ2v) is 4.90. The number of ether oxygens (including phenoxy) is 1. The first-order valence-electron chi connectivity index (χ1n) is 5.94. The summed E-state index contributed by atoms with van der Waals surface area (Å²) in [5, 5.41) is 3.03. The fraction of sp³-hybridized carbons (Fsp3) is 0.667. The highest BCUT2D eigenvalue weighted by Crippen LogP contribution is 2.39. The van der Waals surface area contributed by atoms with Gasteiger partial charge in [0, 0.05) is 19.1 Å². The van der Waals surface area contributed by atoms with Gasteiger partial charge in [0.2, 0.25) is 5.75 Å². The molecule has 2 rings (SSSR count). The number of aromatic nitrogens is 2. The number of nitrogens with one attached hydrogen (secondary N) is 1. The van der Waals surface area contributed by atoms with Crippen molar-refractivity contribution in [3.8, 4) is 5.75 Å². The lowest BCUT2D eigenvalue weighted by atomic mass is 10.0. The molecule has 0 unspecified atom stereocenters. The molecule has 0 aliphatic carbocycles. The third kappa shape index (κ3) is 2.01. The summed E-state index contributed by atoms with van der Waals surface area (Å²) in [5.74, 6) is 2.35. The normalized spacial score (nSPS) is 18.2. The number of hydrogen-bond donors (Lipinski definition) is 1. The predicted molar refractivity (Wildman–Crippen MR) is 68.8 cm³/mol. The molecule has 1 aromatic heterocycles. The van der Waals surface area contributed by atoms with Crippen molar-refractivity contribution in [3.05, 3.63) is 6.33 Å². The summed E-state index contributed by atoms with van der Waals surface area (Å²) in [5.41, 5.74) is 0.132. The van der Waals surface area contributed by atoms with Crippen LogP contribution in [0.3, 0.4) is 0 Å². The fourth-order valence-electron chi connectivity index (χ4n) is 2.42. The molecule has 5 nitrogen and oxygen atoms in total. The summed E-state index contributed by atoms with van der Waals surface area (Å²) >= 11 is 0. The van der Waals surface area contributed by atoms with E-state index >= 15 is 0 Å². The van der Waals surface area contributed by atoms with E-state index in [1.165, 1.54) is 12.8 Å². The third-order valence-corrected chi connectivity index (χ3v) is 3.38. The van der Waals surface area contributed by atoms with Crippen LogP contribution in [0.15, 0.2) is 6.33 Å². The van der Waals surface area contributed by atoms with Crippen LogP contribution in [-0.2, 0) is 0 Å². The molecule has 17 heavy (non-hydrogen) atoms. The van der Waals surface area contributed by atoms with E-state index in [2.05, 4.69) is 34.0 Å². The van der Waals surface area contributed by atoms with Gasteiger partial charge in [0.05, 0.1) is 7.11 Å². The average Bonchev–Trinajstić information content (AvgIpc) is 2.67. The van der Waals surface area contributed by atoms with Crippen LogP contribution in [0.2, 0.25) is 0 Å². The number of nitrogens with zero attached hydrogens (tertiary/aromatic N) is 3. The zero-order valence-electron chi connectivity index (χ0n) is 10.9. The van der Waals surface area contributed by atoms with Crippen molar-refractivity contribution in [1.29, 1.82) is 0 Å². The standard InChI is InChI=1S/C12H20N4O/c1-12(2)6-5-7-16(12)11-9(17-4)10(13-3)14-8-15-11/h8H,5-7H2,1-4H3,(H,13,14,15). The lowest BCUT2D eigenvalue weighted by Gasteiger charge is -2.33. The quantitative estimate of drug-likeness (QED) is 0.868. The van der Waals surface area contributed by atoms with E-state index in [-0.39, 0.29) is 5.54 Å². The first-order valence-corrected chi connectivity index (χ1v) is 5.94. The number of rotatable bonds is 3. The number of anilines is 2.